The van der Waals surface area contributed by atoms with Gasteiger partial charge in [0.2, 0.25) is 0 Å². The number of aromatic nitrogens is 3. The molecule has 1 fully saturated rings. The summed E-state index contributed by atoms with van der Waals surface area (Å²) >= 11 is 0. The van der Waals surface area contributed by atoms with Crippen LogP contribution in [-0.2, 0) is 26.8 Å². The lowest BCUT2D eigenvalue weighted by Gasteiger charge is -2.33. The third kappa shape index (κ3) is 4.27. The molecule has 2 aromatic heterocycles. The molecule has 7 nitrogen and oxygen atoms in total. The van der Waals surface area contributed by atoms with Gasteiger partial charge < -0.3 is 14.8 Å². The number of hydrogen-bond donors (Lipinski definition) is 1. The molecule has 0 amide bonds. The summed E-state index contributed by atoms with van der Waals surface area (Å²) in [5.41, 5.74) is -0.934. The topological polar surface area (TPSA) is 72.2 Å². The summed E-state index contributed by atoms with van der Waals surface area (Å²) in [4.78, 5) is 29.8. The highest BCUT2D eigenvalue weighted by Gasteiger charge is 2.31. The summed E-state index contributed by atoms with van der Waals surface area (Å²) in [6.45, 7) is 1.66. The smallest absolute Gasteiger partial charge is 0.357 e. The zero-order chi connectivity index (χ0) is 20.5. The third-order valence-corrected chi connectivity index (χ3v) is 4.99. The molecule has 28 heavy (non-hydrogen) atoms. The molecule has 10 heteroatoms. The van der Waals surface area contributed by atoms with Gasteiger partial charge in [-0.1, -0.05) is 0 Å². The van der Waals surface area contributed by atoms with Gasteiger partial charge in [0.1, 0.15) is 5.82 Å². The van der Waals surface area contributed by atoms with Gasteiger partial charge in [0.05, 0.1) is 5.56 Å². The average Bonchev–Trinajstić information content (AvgIpc) is 2.68. The Morgan fingerprint density at radius 2 is 1.86 bits per heavy atom. The Morgan fingerprint density at radius 1 is 1.18 bits per heavy atom. The number of alkyl halides is 3. The second kappa shape index (κ2) is 7.78. The fraction of sp³-hybridized carbons (Fsp3) is 0.500. The number of nitrogens with zero attached hydrogens (tertiary/aromatic N) is 4. The molecule has 1 aliphatic heterocycles. The standard InChI is InChI=1S/C18H22F3N5O2/c1-24-11-12(16(27)25(2)17(24)28)9-22-14-5-7-26(8-6-14)15-4-3-13(10-23-15)18(19,20)21/h3-4,10-11,14,22H,5-9H2,1-2H3. The van der Waals surface area contributed by atoms with Gasteiger partial charge in [0.25, 0.3) is 5.56 Å². The van der Waals surface area contributed by atoms with Crippen LogP contribution >= 0.6 is 0 Å². The monoisotopic (exact) mass is 397 g/mol. The molecule has 1 saturated heterocycles. The van der Waals surface area contributed by atoms with Gasteiger partial charge in [-0.25, -0.2) is 9.78 Å². The van der Waals surface area contributed by atoms with E-state index >= 15 is 0 Å². The van der Waals surface area contributed by atoms with E-state index in [0.29, 0.717) is 31.0 Å². The van der Waals surface area contributed by atoms with E-state index in [4.69, 9.17) is 0 Å². The largest absolute Gasteiger partial charge is 0.417 e. The molecule has 0 aliphatic carbocycles. The Kier molecular flexibility index (Phi) is 5.59. The van der Waals surface area contributed by atoms with Crippen molar-refractivity contribution >= 4 is 5.82 Å². The molecular formula is C18H22F3N5O2. The van der Waals surface area contributed by atoms with Crippen molar-refractivity contribution in [3.63, 3.8) is 0 Å². The van der Waals surface area contributed by atoms with E-state index in [-0.39, 0.29) is 17.3 Å². The van der Waals surface area contributed by atoms with E-state index in [1.165, 1.54) is 17.7 Å². The predicted molar refractivity (Wildman–Crippen MR) is 98.2 cm³/mol. The number of rotatable bonds is 4. The van der Waals surface area contributed by atoms with Crippen molar-refractivity contribution in [1.29, 1.82) is 0 Å². The minimum Gasteiger partial charge on any atom is -0.357 e. The first-order chi connectivity index (χ1) is 13.2. The minimum atomic E-state index is -4.39. The van der Waals surface area contributed by atoms with E-state index in [0.717, 1.165) is 29.7 Å². The molecule has 1 N–H and O–H groups in total. The highest BCUT2D eigenvalue weighted by molar-refractivity contribution is 5.40. The van der Waals surface area contributed by atoms with Crippen LogP contribution in [0.15, 0.2) is 34.1 Å². The second-order valence-corrected chi connectivity index (χ2v) is 6.96. The van der Waals surface area contributed by atoms with E-state index < -0.39 is 11.7 Å². The van der Waals surface area contributed by atoms with Gasteiger partial charge in [-0.15, -0.1) is 0 Å². The molecule has 0 saturated carbocycles. The van der Waals surface area contributed by atoms with Crippen LogP contribution < -0.4 is 21.5 Å². The maximum Gasteiger partial charge on any atom is 0.417 e. The highest BCUT2D eigenvalue weighted by Crippen LogP contribution is 2.29. The fourth-order valence-electron chi connectivity index (χ4n) is 3.31. The molecule has 3 heterocycles. The number of halogens is 3. The highest BCUT2D eigenvalue weighted by atomic mass is 19.4. The lowest BCUT2D eigenvalue weighted by atomic mass is 10.0. The van der Waals surface area contributed by atoms with Gasteiger partial charge in [-0.3, -0.25) is 9.36 Å². The van der Waals surface area contributed by atoms with Crippen LogP contribution in [0.3, 0.4) is 0 Å². The molecule has 0 unspecified atom stereocenters. The maximum absolute atomic E-state index is 12.6. The van der Waals surface area contributed by atoms with Crippen molar-refractivity contribution in [2.24, 2.45) is 14.1 Å². The third-order valence-electron chi connectivity index (χ3n) is 4.99. The van der Waals surface area contributed by atoms with Crippen molar-refractivity contribution < 1.29 is 13.2 Å². The summed E-state index contributed by atoms with van der Waals surface area (Å²) in [6, 6.07) is 2.61. The van der Waals surface area contributed by atoms with Crippen molar-refractivity contribution in [2.75, 3.05) is 18.0 Å². The van der Waals surface area contributed by atoms with Crippen molar-refractivity contribution in [2.45, 2.75) is 31.6 Å². The number of piperidine rings is 1. The van der Waals surface area contributed by atoms with Crippen molar-refractivity contribution in [3.8, 4) is 0 Å². The van der Waals surface area contributed by atoms with Crippen LogP contribution in [0.25, 0.3) is 0 Å². The van der Waals surface area contributed by atoms with E-state index in [2.05, 4.69) is 10.3 Å². The van der Waals surface area contributed by atoms with Gasteiger partial charge in [-0.2, -0.15) is 13.2 Å². The summed E-state index contributed by atoms with van der Waals surface area (Å²) in [5.74, 6) is 0.526. The van der Waals surface area contributed by atoms with Crippen molar-refractivity contribution in [1.82, 2.24) is 19.4 Å². The Balaban J connectivity index is 1.56. The summed E-state index contributed by atoms with van der Waals surface area (Å²) in [6.07, 6.45) is -0.446. The first kappa shape index (κ1) is 20.1. The predicted octanol–water partition coefficient (Wildman–Crippen LogP) is 1.26. The molecule has 0 aromatic carbocycles. The zero-order valence-corrected chi connectivity index (χ0v) is 15.7. The van der Waals surface area contributed by atoms with Crippen LogP contribution in [-0.4, -0.2) is 33.2 Å². The number of anilines is 1. The lowest BCUT2D eigenvalue weighted by Crippen LogP contribution is -2.44. The number of hydrogen-bond acceptors (Lipinski definition) is 5. The summed E-state index contributed by atoms with van der Waals surface area (Å²) in [7, 11) is 3.05. The Labute approximate surface area is 159 Å². The Bertz CT molecular complexity index is 942. The number of pyridine rings is 1. The van der Waals surface area contributed by atoms with Crippen LogP contribution in [0, 0.1) is 0 Å². The summed E-state index contributed by atoms with van der Waals surface area (Å²) in [5, 5.41) is 3.33. The van der Waals surface area contributed by atoms with Gasteiger partial charge >= 0.3 is 11.9 Å². The fourth-order valence-corrected chi connectivity index (χ4v) is 3.31. The summed E-state index contributed by atoms with van der Waals surface area (Å²) < 4.78 is 40.4. The van der Waals surface area contributed by atoms with Gasteiger partial charge in [0.15, 0.2) is 0 Å². The first-order valence-corrected chi connectivity index (χ1v) is 8.94. The molecule has 0 spiro atoms. The van der Waals surface area contributed by atoms with Gasteiger partial charge in [-0.05, 0) is 25.0 Å². The molecule has 3 rings (SSSR count). The molecule has 0 bridgehead atoms. The molecular weight excluding hydrogens is 375 g/mol. The van der Waals surface area contributed by atoms with E-state index in [9.17, 15) is 22.8 Å². The number of nitrogens with one attached hydrogen (secondary N) is 1. The molecule has 152 valence electrons. The maximum atomic E-state index is 12.6. The number of aryl methyl sites for hydroxylation is 1. The molecule has 1 aliphatic rings. The normalized spacial score (nSPS) is 15.8. The molecule has 0 atom stereocenters. The van der Waals surface area contributed by atoms with E-state index in [1.54, 1.807) is 13.2 Å². The molecule has 0 radical (unpaired) electrons. The molecule has 2 aromatic rings. The minimum absolute atomic E-state index is 0.174. The second-order valence-electron chi connectivity index (χ2n) is 6.96. The average molecular weight is 397 g/mol. The van der Waals surface area contributed by atoms with Crippen LogP contribution in [0.2, 0.25) is 0 Å². The van der Waals surface area contributed by atoms with Crippen molar-refractivity contribution in [3.05, 3.63) is 56.5 Å². The van der Waals surface area contributed by atoms with E-state index in [1.807, 2.05) is 4.90 Å². The van der Waals surface area contributed by atoms with Crippen LogP contribution in [0.1, 0.15) is 24.0 Å². The Morgan fingerprint density at radius 3 is 2.43 bits per heavy atom. The Hall–Kier alpha value is -2.62. The SMILES string of the molecule is Cn1cc(CNC2CCN(c3ccc(C(F)(F)F)cn3)CC2)c(=O)n(C)c1=O. The van der Waals surface area contributed by atoms with Gasteiger partial charge in [0, 0.05) is 57.7 Å². The first-order valence-electron chi connectivity index (χ1n) is 8.94. The van der Waals surface area contributed by atoms with Crippen LogP contribution in [0.5, 0.6) is 0 Å². The zero-order valence-electron chi connectivity index (χ0n) is 15.7. The van der Waals surface area contributed by atoms with Crippen LogP contribution in [0.4, 0.5) is 19.0 Å². The lowest BCUT2D eigenvalue weighted by molar-refractivity contribution is -0.137. The quantitative estimate of drug-likeness (QED) is 0.841.